The molecular weight excluding hydrogens is 248 g/mol. The van der Waals surface area contributed by atoms with E-state index in [1.807, 2.05) is 50.5 Å². The molecule has 0 aliphatic rings. The van der Waals surface area contributed by atoms with Gasteiger partial charge in [0, 0.05) is 29.7 Å². The van der Waals surface area contributed by atoms with Crippen molar-refractivity contribution >= 4 is 0 Å². The van der Waals surface area contributed by atoms with Gasteiger partial charge in [0.15, 0.2) is 5.82 Å². The molecule has 3 rings (SSSR count). The molecule has 0 saturated heterocycles. The summed E-state index contributed by atoms with van der Waals surface area (Å²) >= 11 is 0. The molecule has 0 unspecified atom stereocenters. The molecule has 1 aromatic carbocycles. The lowest BCUT2D eigenvalue weighted by Crippen LogP contribution is -1.90. The van der Waals surface area contributed by atoms with Gasteiger partial charge in [-0.15, -0.1) is 0 Å². The molecular formula is C16H14N4. The molecule has 98 valence electrons. The number of hydrogen-bond acceptors (Lipinski definition) is 4. The van der Waals surface area contributed by atoms with E-state index in [1.54, 1.807) is 12.4 Å². The van der Waals surface area contributed by atoms with Crippen LogP contribution in [0.3, 0.4) is 0 Å². The zero-order chi connectivity index (χ0) is 13.9. The molecule has 0 bridgehead atoms. The Balaban J connectivity index is 1.91. The topological polar surface area (TPSA) is 51.6 Å². The van der Waals surface area contributed by atoms with Crippen LogP contribution in [0.5, 0.6) is 0 Å². The van der Waals surface area contributed by atoms with Crippen LogP contribution >= 0.6 is 0 Å². The molecule has 0 amide bonds. The van der Waals surface area contributed by atoms with Gasteiger partial charge in [-0.05, 0) is 19.4 Å². The quantitative estimate of drug-likeness (QED) is 0.711. The summed E-state index contributed by atoms with van der Waals surface area (Å²) in [5.41, 5.74) is 4.87. The average molecular weight is 262 g/mol. The first-order chi connectivity index (χ1) is 9.72. The van der Waals surface area contributed by atoms with Gasteiger partial charge in [0.05, 0.1) is 17.6 Å². The second kappa shape index (κ2) is 5.17. The maximum absolute atomic E-state index is 4.37. The van der Waals surface area contributed by atoms with Crippen molar-refractivity contribution in [2.24, 2.45) is 0 Å². The molecule has 0 N–H and O–H groups in total. The summed E-state index contributed by atoms with van der Waals surface area (Å²) in [5.74, 6) is 0.733. The molecule has 20 heavy (non-hydrogen) atoms. The van der Waals surface area contributed by atoms with E-state index < -0.39 is 0 Å². The maximum atomic E-state index is 4.37. The molecule has 3 aromatic rings. The Morgan fingerprint density at radius 2 is 1.30 bits per heavy atom. The van der Waals surface area contributed by atoms with Crippen molar-refractivity contribution in [1.29, 1.82) is 0 Å². The smallest absolute Gasteiger partial charge is 0.159 e. The van der Waals surface area contributed by atoms with Gasteiger partial charge in [-0.3, -0.25) is 9.97 Å². The lowest BCUT2D eigenvalue weighted by Gasteiger charge is -2.03. The van der Waals surface area contributed by atoms with Crippen LogP contribution in [0.15, 0.2) is 49.1 Å². The molecule has 4 heteroatoms. The van der Waals surface area contributed by atoms with Crippen molar-refractivity contribution in [2.75, 3.05) is 0 Å². The van der Waals surface area contributed by atoms with Crippen molar-refractivity contribution < 1.29 is 0 Å². The predicted octanol–water partition coefficient (Wildman–Crippen LogP) is 3.22. The Kier molecular flexibility index (Phi) is 3.21. The monoisotopic (exact) mass is 262 g/mol. The number of benzene rings is 1. The minimum absolute atomic E-state index is 0.733. The van der Waals surface area contributed by atoms with Crippen molar-refractivity contribution in [1.82, 2.24) is 19.9 Å². The average Bonchev–Trinajstić information content (AvgIpc) is 2.49. The molecule has 4 nitrogen and oxygen atoms in total. The highest BCUT2D eigenvalue weighted by Crippen LogP contribution is 2.21. The lowest BCUT2D eigenvalue weighted by molar-refractivity contribution is 1.12. The zero-order valence-electron chi connectivity index (χ0n) is 11.4. The first-order valence-corrected chi connectivity index (χ1v) is 6.40. The minimum atomic E-state index is 0.733. The number of rotatable bonds is 2. The fourth-order valence-corrected chi connectivity index (χ4v) is 1.87. The van der Waals surface area contributed by atoms with Crippen LogP contribution in [0.4, 0.5) is 0 Å². The van der Waals surface area contributed by atoms with Gasteiger partial charge < -0.3 is 0 Å². The van der Waals surface area contributed by atoms with Crippen LogP contribution in [0.1, 0.15) is 11.3 Å². The minimum Gasteiger partial charge on any atom is -0.258 e. The fourth-order valence-electron chi connectivity index (χ4n) is 1.87. The normalized spacial score (nSPS) is 10.5. The van der Waals surface area contributed by atoms with Crippen LogP contribution in [0.2, 0.25) is 0 Å². The van der Waals surface area contributed by atoms with Gasteiger partial charge in [-0.25, -0.2) is 9.97 Å². The molecule has 0 radical (unpaired) electrons. The van der Waals surface area contributed by atoms with E-state index in [1.165, 1.54) is 0 Å². The van der Waals surface area contributed by atoms with E-state index in [2.05, 4.69) is 19.9 Å². The summed E-state index contributed by atoms with van der Waals surface area (Å²) in [4.78, 5) is 17.3. The second-order valence-corrected chi connectivity index (χ2v) is 4.70. The molecule has 2 heterocycles. The van der Waals surface area contributed by atoms with Crippen LogP contribution < -0.4 is 0 Å². The Labute approximate surface area is 117 Å². The summed E-state index contributed by atoms with van der Waals surface area (Å²) in [7, 11) is 0. The highest BCUT2D eigenvalue weighted by molar-refractivity contribution is 5.64. The molecule has 0 saturated carbocycles. The first kappa shape index (κ1) is 12.4. The van der Waals surface area contributed by atoms with Crippen LogP contribution in [-0.2, 0) is 0 Å². The third-order valence-electron chi connectivity index (χ3n) is 3.00. The number of aryl methyl sites for hydroxylation is 2. The van der Waals surface area contributed by atoms with Crippen molar-refractivity contribution in [3.8, 4) is 22.6 Å². The SMILES string of the molecule is Cc1cnc(-c2ccc(-c3cnc(C)cn3)cc2)nc1. The highest BCUT2D eigenvalue weighted by Gasteiger charge is 2.03. The van der Waals surface area contributed by atoms with Crippen molar-refractivity contribution in [3.63, 3.8) is 0 Å². The standard InChI is InChI=1S/C16H14N4/c1-11-7-19-16(20-8-11)14-5-3-13(4-6-14)15-10-17-12(2)9-18-15/h3-10H,1-2H3. The van der Waals surface area contributed by atoms with E-state index in [0.717, 1.165) is 33.9 Å². The Bertz CT molecular complexity index is 636. The third-order valence-corrected chi connectivity index (χ3v) is 3.00. The zero-order valence-corrected chi connectivity index (χ0v) is 11.4. The Hall–Kier alpha value is -2.62. The molecule has 0 atom stereocenters. The summed E-state index contributed by atoms with van der Waals surface area (Å²) in [5, 5.41) is 0. The summed E-state index contributed by atoms with van der Waals surface area (Å²) < 4.78 is 0. The maximum Gasteiger partial charge on any atom is 0.159 e. The number of aromatic nitrogens is 4. The lowest BCUT2D eigenvalue weighted by atomic mass is 10.1. The van der Waals surface area contributed by atoms with Crippen molar-refractivity contribution in [3.05, 3.63) is 60.3 Å². The largest absolute Gasteiger partial charge is 0.258 e. The van der Waals surface area contributed by atoms with Crippen LogP contribution in [0, 0.1) is 13.8 Å². The molecule has 2 aromatic heterocycles. The van der Waals surface area contributed by atoms with Gasteiger partial charge in [-0.2, -0.15) is 0 Å². The number of hydrogen-bond donors (Lipinski definition) is 0. The van der Waals surface area contributed by atoms with Gasteiger partial charge >= 0.3 is 0 Å². The molecule has 0 aliphatic carbocycles. The van der Waals surface area contributed by atoms with E-state index in [4.69, 9.17) is 0 Å². The van der Waals surface area contributed by atoms with Gasteiger partial charge in [0.2, 0.25) is 0 Å². The van der Waals surface area contributed by atoms with Gasteiger partial charge in [0.25, 0.3) is 0 Å². The summed E-state index contributed by atoms with van der Waals surface area (Å²) in [6.45, 7) is 3.90. The first-order valence-electron chi connectivity index (χ1n) is 6.40. The summed E-state index contributed by atoms with van der Waals surface area (Å²) in [6.07, 6.45) is 7.20. The van der Waals surface area contributed by atoms with E-state index in [-0.39, 0.29) is 0 Å². The van der Waals surface area contributed by atoms with Gasteiger partial charge in [-0.1, -0.05) is 24.3 Å². The van der Waals surface area contributed by atoms with Crippen LogP contribution in [-0.4, -0.2) is 19.9 Å². The van der Waals surface area contributed by atoms with Gasteiger partial charge in [0.1, 0.15) is 0 Å². The van der Waals surface area contributed by atoms with Crippen LogP contribution in [0.25, 0.3) is 22.6 Å². The van der Waals surface area contributed by atoms with Crippen molar-refractivity contribution in [2.45, 2.75) is 13.8 Å². The predicted molar refractivity (Wildman–Crippen MR) is 78.0 cm³/mol. The molecule has 0 spiro atoms. The van der Waals surface area contributed by atoms with E-state index >= 15 is 0 Å². The molecule has 0 aliphatic heterocycles. The highest BCUT2D eigenvalue weighted by atomic mass is 14.9. The van der Waals surface area contributed by atoms with E-state index in [0.29, 0.717) is 0 Å². The fraction of sp³-hybridized carbons (Fsp3) is 0.125. The third kappa shape index (κ3) is 2.54. The second-order valence-electron chi connectivity index (χ2n) is 4.70. The van der Waals surface area contributed by atoms with E-state index in [9.17, 15) is 0 Å². The Morgan fingerprint density at radius 1 is 0.650 bits per heavy atom. The number of nitrogens with zero attached hydrogens (tertiary/aromatic N) is 4. The Morgan fingerprint density at radius 3 is 1.90 bits per heavy atom. The summed E-state index contributed by atoms with van der Waals surface area (Å²) in [6, 6.07) is 8.03. The molecule has 0 fully saturated rings.